The molecule has 1 aromatic heterocycles. The average Bonchev–Trinajstić information content (AvgIpc) is 2.60. The summed E-state index contributed by atoms with van der Waals surface area (Å²) in [5, 5.41) is 7.19. The fraction of sp³-hybridized carbons (Fsp3) is 0.450. The molecule has 1 aliphatic carbocycles. The van der Waals surface area contributed by atoms with Crippen molar-refractivity contribution in [1.82, 2.24) is 15.1 Å². The first kappa shape index (κ1) is 18.3. The summed E-state index contributed by atoms with van der Waals surface area (Å²) in [7, 11) is 0. The van der Waals surface area contributed by atoms with E-state index in [1.54, 1.807) is 18.2 Å². The van der Waals surface area contributed by atoms with E-state index in [0.29, 0.717) is 11.3 Å². The molecule has 1 saturated carbocycles. The van der Waals surface area contributed by atoms with Crippen molar-refractivity contribution in [3.8, 4) is 11.3 Å². The molecule has 1 N–H and O–H groups in total. The van der Waals surface area contributed by atoms with Crippen molar-refractivity contribution in [2.24, 2.45) is 0 Å². The maximum Gasteiger partial charge on any atom is 0.267 e. The van der Waals surface area contributed by atoms with E-state index in [2.05, 4.69) is 10.4 Å². The highest BCUT2D eigenvalue weighted by Crippen LogP contribution is 2.19. The van der Waals surface area contributed by atoms with Crippen molar-refractivity contribution in [1.29, 1.82) is 0 Å². The van der Waals surface area contributed by atoms with Crippen LogP contribution in [0.1, 0.15) is 44.9 Å². The molecule has 5 nitrogen and oxygen atoms in total. The summed E-state index contributed by atoms with van der Waals surface area (Å²) < 4.78 is 15.0. The third-order valence-electron chi connectivity index (χ3n) is 4.78. The summed E-state index contributed by atoms with van der Waals surface area (Å²) in [4.78, 5) is 24.4. The number of benzene rings is 1. The summed E-state index contributed by atoms with van der Waals surface area (Å²) in [6, 6.07) is 9.19. The Morgan fingerprint density at radius 2 is 1.77 bits per heavy atom. The van der Waals surface area contributed by atoms with Gasteiger partial charge in [-0.3, -0.25) is 9.59 Å². The molecule has 0 atom stereocenters. The molecule has 3 rings (SSSR count). The van der Waals surface area contributed by atoms with Gasteiger partial charge in [0.2, 0.25) is 5.91 Å². The summed E-state index contributed by atoms with van der Waals surface area (Å²) in [6.07, 6.45) is 7.86. The molecule has 1 aromatic carbocycles. The highest BCUT2D eigenvalue weighted by molar-refractivity contribution is 5.76. The normalized spacial score (nSPS) is 15.9. The van der Waals surface area contributed by atoms with Gasteiger partial charge in [-0.25, -0.2) is 9.07 Å². The van der Waals surface area contributed by atoms with Gasteiger partial charge in [0.15, 0.2) is 0 Å². The van der Waals surface area contributed by atoms with Gasteiger partial charge in [-0.2, -0.15) is 5.10 Å². The molecule has 0 radical (unpaired) electrons. The number of nitrogens with one attached hydrogen (secondary N) is 1. The molecule has 0 spiro atoms. The molecular formula is C20H24FN3O2. The first-order valence-electron chi connectivity index (χ1n) is 9.26. The lowest BCUT2D eigenvalue weighted by molar-refractivity contribution is -0.122. The van der Waals surface area contributed by atoms with Crippen molar-refractivity contribution in [3.05, 3.63) is 52.6 Å². The molecule has 1 amide bonds. The number of halogens is 1. The zero-order chi connectivity index (χ0) is 18.4. The Hall–Kier alpha value is -2.50. The van der Waals surface area contributed by atoms with Gasteiger partial charge in [-0.1, -0.05) is 44.2 Å². The molecule has 1 heterocycles. The molecule has 0 bridgehead atoms. The third-order valence-corrected chi connectivity index (χ3v) is 4.78. The maximum absolute atomic E-state index is 13.9. The SMILES string of the molecule is O=C(Cn1nc(-c2ccccc2F)ccc1=O)NC1CCCCCCC1. The predicted octanol–water partition coefficient (Wildman–Crippen LogP) is 3.28. The Kier molecular flexibility index (Phi) is 6.15. The predicted molar refractivity (Wildman–Crippen MR) is 98.1 cm³/mol. The lowest BCUT2D eigenvalue weighted by Crippen LogP contribution is -2.39. The largest absolute Gasteiger partial charge is 0.352 e. The van der Waals surface area contributed by atoms with Crippen LogP contribution in [-0.4, -0.2) is 21.7 Å². The molecule has 6 heteroatoms. The van der Waals surface area contributed by atoms with Gasteiger partial charge in [-0.05, 0) is 31.0 Å². The van der Waals surface area contributed by atoms with Gasteiger partial charge < -0.3 is 5.32 Å². The number of aromatic nitrogens is 2. The minimum Gasteiger partial charge on any atom is -0.352 e. The molecule has 138 valence electrons. The van der Waals surface area contributed by atoms with Crippen LogP contribution in [0.15, 0.2) is 41.2 Å². The lowest BCUT2D eigenvalue weighted by atomic mass is 9.97. The summed E-state index contributed by atoms with van der Waals surface area (Å²) >= 11 is 0. The van der Waals surface area contributed by atoms with Crippen molar-refractivity contribution in [2.45, 2.75) is 57.5 Å². The standard InChI is InChI=1S/C20H24FN3O2/c21-17-11-7-6-10-16(17)18-12-13-20(26)24(23-18)14-19(25)22-15-8-4-2-1-3-5-9-15/h6-7,10-13,15H,1-5,8-9,14H2,(H,22,25). The topological polar surface area (TPSA) is 64.0 Å². The zero-order valence-corrected chi connectivity index (χ0v) is 14.8. The van der Waals surface area contributed by atoms with Crippen LogP contribution in [0.25, 0.3) is 11.3 Å². The van der Waals surface area contributed by atoms with E-state index < -0.39 is 5.82 Å². The number of nitrogens with zero attached hydrogens (tertiary/aromatic N) is 2. The van der Waals surface area contributed by atoms with E-state index >= 15 is 0 Å². The monoisotopic (exact) mass is 357 g/mol. The van der Waals surface area contributed by atoms with E-state index in [9.17, 15) is 14.0 Å². The second-order valence-electron chi connectivity index (χ2n) is 6.80. The molecular weight excluding hydrogens is 333 g/mol. The van der Waals surface area contributed by atoms with E-state index in [0.717, 1.165) is 30.4 Å². The van der Waals surface area contributed by atoms with Crippen LogP contribution in [-0.2, 0) is 11.3 Å². The third kappa shape index (κ3) is 4.77. The van der Waals surface area contributed by atoms with E-state index in [4.69, 9.17) is 0 Å². The minimum atomic E-state index is -0.413. The first-order valence-corrected chi connectivity index (χ1v) is 9.26. The fourth-order valence-corrected chi connectivity index (χ4v) is 3.38. The van der Waals surface area contributed by atoms with Crippen LogP contribution >= 0.6 is 0 Å². The maximum atomic E-state index is 13.9. The van der Waals surface area contributed by atoms with Crippen molar-refractivity contribution in [3.63, 3.8) is 0 Å². The fourth-order valence-electron chi connectivity index (χ4n) is 3.38. The quantitative estimate of drug-likeness (QED) is 0.913. The van der Waals surface area contributed by atoms with Crippen LogP contribution in [0.3, 0.4) is 0 Å². The zero-order valence-electron chi connectivity index (χ0n) is 14.8. The number of carbonyl (C=O) groups is 1. The molecule has 2 aromatic rings. The number of amides is 1. The summed E-state index contributed by atoms with van der Waals surface area (Å²) in [5.74, 6) is -0.639. The molecule has 0 saturated heterocycles. The number of hydrogen-bond donors (Lipinski definition) is 1. The molecule has 0 unspecified atom stereocenters. The highest BCUT2D eigenvalue weighted by Gasteiger charge is 2.15. The Labute approximate surface area is 152 Å². The first-order chi connectivity index (χ1) is 12.6. The smallest absolute Gasteiger partial charge is 0.267 e. The summed E-state index contributed by atoms with van der Waals surface area (Å²) in [6.45, 7) is -0.155. The Morgan fingerprint density at radius 3 is 2.50 bits per heavy atom. The van der Waals surface area contributed by atoms with E-state index in [1.165, 1.54) is 37.5 Å². The van der Waals surface area contributed by atoms with Crippen LogP contribution in [0.2, 0.25) is 0 Å². The van der Waals surface area contributed by atoms with Crippen molar-refractivity contribution < 1.29 is 9.18 Å². The van der Waals surface area contributed by atoms with Crippen LogP contribution < -0.4 is 10.9 Å². The van der Waals surface area contributed by atoms with Crippen molar-refractivity contribution >= 4 is 5.91 Å². The number of rotatable bonds is 4. The number of hydrogen-bond acceptors (Lipinski definition) is 3. The Bertz CT molecular complexity index is 811. The minimum absolute atomic E-state index is 0.155. The van der Waals surface area contributed by atoms with Gasteiger partial charge >= 0.3 is 0 Å². The van der Waals surface area contributed by atoms with Crippen molar-refractivity contribution in [2.75, 3.05) is 0 Å². The average molecular weight is 357 g/mol. The van der Waals surface area contributed by atoms with Crippen LogP contribution in [0, 0.1) is 5.82 Å². The molecule has 1 fully saturated rings. The van der Waals surface area contributed by atoms with Gasteiger partial charge in [0.1, 0.15) is 12.4 Å². The Balaban J connectivity index is 1.70. The van der Waals surface area contributed by atoms with Crippen LogP contribution in [0.4, 0.5) is 4.39 Å². The second kappa shape index (κ2) is 8.74. The van der Waals surface area contributed by atoms with Crippen LogP contribution in [0.5, 0.6) is 0 Å². The van der Waals surface area contributed by atoms with E-state index in [1.807, 2.05) is 0 Å². The molecule has 26 heavy (non-hydrogen) atoms. The molecule has 0 aliphatic heterocycles. The van der Waals surface area contributed by atoms with E-state index in [-0.39, 0.29) is 24.1 Å². The molecule has 1 aliphatic rings. The van der Waals surface area contributed by atoms with Gasteiger partial charge in [0, 0.05) is 17.7 Å². The van der Waals surface area contributed by atoms with Gasteiger partial charge in [-0.15, -0.1) is 0 Å². The van der Waals surface area contributed by atoms with Gasteiger partial charge in [0.05, 0.1) is 5.69 Å². The lowest BCUT2D eigenvalue weighted by Gasteiger charge is -2.21. The Morgan fingerprint density at radius 1 is 1.08 bits per heavy atom. The number of carbonyl (C=O) groups excluding carboxylic acids is 1. The van der Waals surface area contributed by atoms with Gasteiger partial charge in [0.25, 0.3) is 5.56 Å². The second-order valence-corrected chi connectivity index (χ2v) is 6.80. The highest BCUT2D eigenvalue weighted by atomic mass is 19.1. The summed E-state index contributed by atoms with van der Waals surface area (Å²) in [5.41, 5.74) is 0.265.